The maximum absolute atomic E-state index is 13.8. The van der Waals surface area contributed by atoms with Crippen LogP contribution >= 0.6 is 11.3 Å². The molecule has 1 aromatic heterocycles. The highest BCUT2D eigenvalue weighted by molar-refractivity contribution is 7.13. The summed E-state index contributed by atoms with van der Waals surface area (Å²) in [5.41, 5.74) is 9.22. The summed E-state index contributed by atoms with van der Waals surface area (Å²) in [5, 5.41) is 21.3. The molecule has 0 aliphatic carbocycles. The molecule has 6 amide bonds. The fourth-order valence-electron chi connectivity index (χ4n) is 5.93. The van der Waals surface area contributed by atoms with Crippen molar-refractivity contribution in [1.29, 1.82) is 0 Å². The van der Waals surface area contributed by atoms with Gasteiger partial charge in [-0.2, -0.15) is 0 Å². The number of nitrogens with two attached hydrogens (primary N) is 1. The molecular formula is C38H57N7O10S. The topological polar surface area (TPSA) is 241 Å². The number of hydrogen-bond donors (Lipinski definition) is 6. The summed E-state index contributed by atoms with van der Waals surface area (Å²) in [4.78, 5) is 81.2. The van der Waals surface area contributed by atoms with Gasteiger partial charge in [-0.05, 0) is 42.7 Å². The van der Waals surface area contributed by atoms with Crippen LogP contribution in [-0.4, -0.2) is 127 Å². The number of unbranched alkanes of at least 4 members (excludes halogenated alkanes) is 1. The number of nitrogens with one attached hydrogen (secondary N) is 4. The van der Waals surface area contributed by atoms with Gasteiger partial charge in [0.05, 0.1) is 48.6 Å². The Balaban J connectivity index is 1.32. The van der Waals surface area contributed by atoms with E-state index < -0.39 is 53.3 Å². The van der Waals surface area contributed by atoms with Gasteiger partial charge in [0.1, 0.15) is 31.3 Å². The molecular weight excluding hydrogens is 747 g/mol. The molecule has 7 N–H and O–H groups in total. The van der Waals surface area contributed by atoms with Crippen LogP contribution in [-0.2, 0) is 49.5 Å². The SMILES string of the molecule is CC(=O)NC(CCCCNC(=O)COCCOCCOCC(=O)N[C@H](C(=O)N1C[C@H](O)C[C@H]1C(=O)NCc1ccc(-c2scnc2C)cc1)C(C)(C)C)C(N)=O. The second-order valence-electron chi connectivity index (χ2n) is 14.7. The van der Waals surface area contributed by atoms with E-state index in [0.717, 1.165) is 21.7 Å². The van der Waals surface area contributed by atoms with Gasteiger partial charge in [0.15, 0.2) is 0 Å². The Kier molecular flexibility index (Phi) is 18.8. The van der Waals surface area contributed by atoms with Gasteiger partial charge < -0.3 is 51.2 Å². The number of β-amino-alcohol motifs (C(OH)–C–C–N with tert-alkyl or cyclic N) is 1. The fraction of sp³-hybridized carbons (Fsp3) is 0.605. The zero-order chi connectivity index (χ0) is 41.3. The number of thiazole rings is 1. The van der Waals surface area contributed by atoms with Crippen molar-refractivity contribution in [3.8, 4) is 10.4 Å². The van der Waals surface area contributed by atoms with Crippen molar-refractivity contribution in [3.05, 3.63) is 41.0 Å². The van der Waals surface area contributed by atoms with Gasteiger partial charge in [-0.3, -0.25) is 28.8 Å². The minimum Gasteiger partial charge on any atom is -0.391 e. The van der Waals surface area contributed by atoms with Crippen LogP contribution in [0.1, 0.15) is 64.6 Å². The zero-order valence-corrected chi connectivity index (χ0v) is 33.7. The van der Waals surface area contributed by atoms with Crippen LogP contribution in [0.4, 0.5) is 0 Å². The lowest BCUT2D eigenvalue weighted by Gasteiger charge is -2.35. The first-order valence-electron chi connectivity index (χ1n) is 18.7. The molecule has 1 fully saturated rings. The summed E-state index contributed by atoms with van der Waals surface area (Å²) >= 11 is 1.56. The second kappa shape index (κ2) is 22.9. The van der Waals surface area contributed by atoms with Crippen molar-refractivity contribution in [1.82, 2.24) is 31.2 Å². The molecule has 1 aliphatic heterocycles. The van der Waals surface area contributed by atoms with E-state index in [9.17, 15) is 33.9 Å². The maximum atomic E-state index is 13.8. The summed E-state index contributed by atoms with van der Waals surface area (Å²) in [6, 6.07) is 5.17. The third-order valence-electron chi connectivity index (χ3n) is 8.88. The van der Waals surface area contributed by atoms with Crippen molar-refractivity contribution in [3.63, 3.8) is 0 Å². The summed E-state index contributed by atoms with van der Waals surface area (Å²) in [7, 11) is 0. The van der Waals surface area contributed by atoms with Crippen molar-refractivity contribution >= 4 is 46.8 Å². The van der Waals surface area contributed by atoms with Crippen LogP contribution in [0.15, 0.2) is 29.8 Å². The molecule has 1 aromatic carbocycles. The van der Waals surface area contributed by atoms with Crippen LogP contribution in [0, 0.1) is 12.3 Å². The molecule has 18 heteroatoms. The highest BCUT2D eigenvalue weighted by atomic mass is 32.1. The Morgan fingerprint density at radius 3 is 2.18 bits per heavy atom. The molecule has 310 valence electrons. The number of ether oxygens (including phenoxy) is 3. The second-order valence-corrected chi connectivity index (χ2v) is 15.5. The molecule has 17 nitrogen and oxygen atoms in total. The first-order valence-corrected chi connectivity index (χ1v) is 19.6. The van der Waals surface area contributed by atoms with E-state index in [1.54, 1.807) is 37.6 Å². The minimum absolute atomic E-state index is 0.0351. The summed E-state index contributed by atoms with van der Waals surface area (Å²) in [5.74, 6) is -2.63. The van der Waals surface area contributed by atoms with Crippen molar-refractivity contribution in [2.75, 3.05) is 52.7 Å². The van der Waals surface area contributed by atoms with Gasteiger partial charge >= 0.3 is 0 Å². The predicted molar refractivity (Wildman–Crippen MR) is 208 cm³/mol. The van der Waals surface area contributed by atoms with Crippen LogP contribution in [0.25, 0.3) is 10.4 Å². The van der Waals surface area contributed by atoms with Gasteiger partial charge in [0.2, 0.25) is 35.4 Å². The maximum Gasteiger partial charge on any atom is 0.246 e. The molecule has 0 saturated carbocycles. The monoisotopic (exact) mass is 803 g/mol. The van der Waals surface area contributed by atoms with Gasteiger partial charge in [-0.1, -0.05) is 45.0 Å². The number of hydrogen-bond acceptors (Lipinski definition) is 12. The quantitative estimate of drug-likeness (QED) is 0.0849. The summed E-state index contributed by atoms with van der Waals surface area (Å²) < 4.78 is 16.2. The molecule has 1 unspecified atom stereocenters. The molecule has 1 aliphatic rings. The van der Waals surface area contributed by atoms with Crippen LogP contribution in [0.2, 0.25) is 0 Å². The zero-order valence-electron chi connectivity index (χ0n) is 32.9. The molecule has 2 heterocycles. The lowest BCUT2D eigenvalue weighted by atomic mass is 9.85. The van der Waals surface area contributed by atoms with Crippen molar-refractivity contribution in [2.45, 2.75) is 91.1 Å². The van der Waals surface area contributed by atoms with Gasteiger partial charge in [0.25, 0.3) is 0 Å². The van der Waals surface area contributed by atoms with Gasteiger partial charge in [-0.25, -0.2) is 4.98 Å². The van der Waals surface area contributed by atoms with Gasteiger partial charge in [-0.15, -0.1) is 11.3 Å². The lowest BCUT2D eigenvalue weighted by Crippen LogP contribution is -2.58. The predicted octanol–water partition coefficient (Wildman–Crippen LogP) is 0.554. The Morgan fingerprint density at radius 2 is 1.59 bits per heavy atom. The van der Waals surface area contributed by atoms with Crippen molar-refractivity contribution < 1.29 is 48.1 Å². The summed E-state index contributed by atoms with van der Waals surface area (Å²) in [6.45, 7) is 9.37. The average molecular weight is 804 g/mol. The Hall–Kier alpha value is -4.49. The molecule has 0 bridgehead atoms. The van der Waals surface area contributed by atoms with Crippen molar-refractivity contribution in [2.24, 2.45) is 11.1 Å². The van der Waals surface area contributed by atoms with E-state index in [4.69, 9.17) is 19.9 Å². The van der Waals surface area contributed by atoms with E-state index in [-0.39, 0.29) is 71.0 Å². The average Bonchev–Trinajstić information content (AvgIpc) is 3.75. The molecule has 4 atom stereocenters. The number of carbonyl (C=O) groups excluding carboxylic acids is 6. The summed E-state index contributed by atoms with van der Waals surface area (Å²) in [6.07, 6.45) is 0.750. The molecule has 2 aromatic rings. The third kappa shape index (κ3) is 15.6. The van der Waals surface area contributed by atoms with Gasteiger partial charge in [0, 0.05) is 33.0 Å². The first kappa shape index (κ1) is 45.9. The molecule has 56 heavy (non-hydrogen) atoms. The number of aliphatic hydroxyl groups excluding tert-OH is 1. The number of aryl methyl sites for hydroxylation is 1. The van der Waals surface area contributed by atoms with Crippen LogP contribution in [0.5, 0.6) is 0 Å². The lowest BCUT2D eigenvalue weighted by molar-refractivity contribution is -0.144. The first-order chi connectivity index (χ1) is 26.6. The standard InChI is InChI=1S/C38H57N7O10S/c1-24-33(56-23-42-24)27-11-9-26(10-12-27)19-41-36(51)30-18-28(47)20-45(30)37(52)34(38(3,4)5)44-32(49)22-55-17-15-53-14-16-54-21-31(48)40-13-7-6-8-29(35(39)50)43-25(2)46/h9-12,23,28-30,34,47H,6-8,13-22H2,1-5H3,(H2,39,50)(H,40,48)(H,41,51)(H,43,46)(H,44,49)/t28-,29?,30+,34-/m1/s1. The Labute approximate surface area is 331 Å². The number of primary amides is 1. The highest BCUT2D eigenvalue weighted by Crippen LogP contribution is 2.28. The normalized spacial score (nSPS) is 16.5. The minimum atomic E-state index is -0.989. The largest absolute Gasteiger partial charge is 0.391 e. The smallest absolute Gasteiger partial charge is 0.246 e. The van der Waals surface area contributed by atoms with Crippen LogP contribution in [0.3, 0.4) is 0 Å². The number of likely N-dealkylation sites (tertiary alicyclic amines) is 1. The molecule has 0 radical (unpaired) electrons. The number of amides is 6. The Bertz CT molecular complexity index is 1610. The van der Waals surface area contributed by atoms with E-state index in [0.29, 0.717) is 25.8 Å². The highest BCUT2D eigenvalue weighted by Gasteiger charge is 2.44. The number of carbonyl (C=O) groups is 6. The third-order valence-corrected chi connectivity index (χ3v) is 9.86. The van der Waals surface area contributed by atoms with E-state index in [1.165, 1.54) is 11.8 Å². The van der Waals surface area contributed by atoms with E-state index in [1.807, 2.05) is 31.2 Å². The number of aromatic nitrogens is 1. The number of benzene rings is 1. The van der Waals surface area contributed by atoms with E-state index in [2.05, 4.69) is 26.3 Å². The van der Waals surface area contributed by atoms with Crippen LogP contribution < -0.4 is 27.0 Å². The number of rotatable bonds is 23. The number of nitrogens with zero attached hydrogens (tertiary/aromatic N) is 2. The van der Waals surface area contributed by atoms with E-state index >= 15 is 0 Å². The molecule has 3 rings (SSSR count). The Morgan fingerprint density at radius 1 is 0.946 bits per heavy atom. The molecule has 0 spiro atoms. The number of aliphatic hydroxyl groups is 1. The molecule has 1 saturated heterocycles. The fourth-order valence-corrected chi connectivity index (χ4v) is 6.75.